The molecule has 0 bridgehead atoms. The maximum absolute atomic E-state index is 12.2. The summed E-state index contributed by atoms with van der Waals surface area (Å²) in [4.78, 5) is 0. The zero-order chi connectivity index (χ0) is 15.3. The molecule has 2 rings (SSSR count). The Bertz CT molecular complexity index is 533. The summed E-state index contributed by atoms with van der Waals surface area (Å²) in [5, 5.41) is 9.63. The van der Waals surface area contributed by atoms with Gasteiger partial charge in [0.2, 0.25) is 0 Å². The first-order valence-electron chi connectivity index (χ1n) is 7.40. The van der Waals surface area contributed by atoms with Gasteiger partial charge < -0.3 is 5.11 Å². The van der Waals surface area contributed by atoms with Crippen molar-refractivity contribution in [3.05, 3.63) is 35.9 Å². The minimum atomic E-state index is -3.47. The largest absolute Gasteiger partial charge is 0.393 e. The van der Waals surface area contributed by atoms with Crippen LogP contribution in [-0.2, 0) is 16.8 Å². The molecule has 0 spiro atoms. The van der Waals surface area contributed by atoms with E-state index in [9.17, 15) is 13.5 Å². The van der Waals surface area contributed by atoms with Gasteiger partial charge in [0.05, 0.1) is 6.10 Å². The number of hydrogen-bond donors (Lipinski definition) is 2. The Morgan fingerprint density at radius 1 is 1.29 bits per heavy atom. The Morgan fingerprint density at radius 3 is 2.67 bits per heavy atom. The second-order valence-corrected chi connectivity index (χ2v) is 7.64. The Kier molecular flexibility index (Phi) is 5.75. The lowest BCUT2D eigenvalue weighted by Gasteiger charge is -2.27. The lowest BCUT2D eigenvalue weighted by atomic mass is 9.87. The number of nitrogens with one attached hydrogen (secondary N) is 1. The van der Waals surface area contributed by atoms with Gasteiger partial charge >= 0.3 is 0 Å². The summed E-state index contributed by atoms with van der Waals surface area (Å²) < 4.78 is 28.4. The van der Waals surface area contributed by atoms with Gasteiger partial charge in [-0.15, -0.1) is 0 Å². The average Bonchev–Trinajstić information content (AvgIpc) is 2.46. The van der Waals surface area contributed by atoms with E-state index in [-0.39, 0.29) is 12.0 Å². The standard InChI is InChI=1S/C15H24N2O3S/c1-17(12-13-6-3-2-4-7-13)21(19,20)16-11-14-8-5-9-15(18)10-14/h2-4,6-7,14-16,18H,5,8-12H2,1H3. The highest BCUT2D eigenvalue weighted by Gasteiger charge is 2.23. The number of benzene rings is 1. The Morgan fingerprint density at radius 2 is 2.00 bits per heavy atom. The maximum Gasteiger partial charge on any atom is 0.279 e. The minimum Gasteiger partial charge on any atom is -0.393 e. The number of hydrogen-bond acceptors (Lipinski definition) is 3. The van der Waals surface area contributed by atoms with Crippen molar-refractivity contribution in [2.24, 2.45) is 5.92 Å². The fourth-order valence-corrected chi connectivity index (χ4v) is 3.69. The third-order valence-electron chi connectivity index (χ3n) is 3.97. The van der Waals surface area contributed by atoms with Crippen molar-refractivity contribution in [3.8, 4) is 0 Å². The van der Waals surface area contributed by atoms with Gasteiger partial charge in [-0.3, -0.25) is 0 Å². The first-order chi connectivity index (χ1) is 9.97. The number of aliphatic hydroxyl groups excluding tert-OH is 1. The summed E-state index contributed by atoms with van der Waals surface area (Å²) in [7, 11) is -1.90. The Balaban J connectivity index is 1.86. The van der Waals surface area contributed by atoms with E-state index < -0.39 is 10.2 Å². The van der Waals surface area contributed by atoms with Crippen molar-refractivity contribution < 1.29 is 13.5 Å². The molecule has 1 aromatic carbocycles. The lowest BCUT2D eigenvalue weighted by Crippen LogP contribution is -2.41. The van der Waals surface area contributed by atoms with E-state index in [1.54, 1.807) is 7.05 Å². The summed E-state index contributed by atoms with van der Waals surface area (Å²) in [6.07, 6.45) is 3.17. The van der Waals surface area contributed by atoms with Crippen molar-refractivity contribution in [1.82, 2.24) is 9.03 Å². The van der Waals surface area contributed by atoms with Crippen molar-refractivity contribution in [2.45, 2.75) is 38.3 Å². The lowest BCUT2D eigenvalue weighted by molar-refractivity contribution is 0.102. The Hall–Kier alpha value is -0.950. The molecule has 1 aromatic rings. The molecule has 6 heteroatoms. The second kappa shape index (κ2) is 7.35. The number of nitrogens with zero attached hydrogens (tertiary/aromatic N) is 1. The smallest absolute Gasteiger partial charge is 0.279 e. The van der Waals surface area contributed by atoms with Gasteiger partial charge in [0.1, 0.15) is 0 Å². The molecule has 118 valence electrons. The molecule has 5 nitrogen and oxygen atoms in total. The van der Waals surface area contributed by atoms with Crippen LogP contribution in [0.25, 0.3) is 0 Å². The molecular weight excluding hydrogens is 288 g/mol. The Labute approximate surface area is 127 Å². The summed E-state index contributed by atoms with van der Waals surface area (Å²) in [6, 6.07) is 9.51. The van der Waals surface area contributed by atoms with Crippen LogP contribution in [0.5, 0.6) is 0 Å². The van der Waals surface area contributed by atoms with Gasteiger partial charge in [-0.25, -0.2) is 4.72 Å². The summed E-state index contributed by atoms with van der Waals surface area (Å²) in [5.41, 5.74) is 0.957. The molecule has 0 radical (unpaired) electrons. The monoisotopic (exact) mass is 312 g/mol. The predicted molar refractivity (Wildman–Crippen MR) is 82.8 cm³/mol. The van der Waals surface area contributed by atoms with Crippen LogP contribution in [0.15, 0.2) is 30.3 Å². The van der Waals surface area contributed by atoms with E-state index in [0.717, 1.165) is 24.8 Å². The summed E-state index contributed by atoms with van der Waals surface area (Å²) in [5.74, 6) is 0.230. The molecule has 0 saturated heterocycles. The van der Waals surface area contributed by atoms with E-state index >= 15 is 0 Å². The van der Waals surface area contributed by atoms with Crippen LogP contribution < -0.4 is 4.72 Å². The number of rotatable bonds is 6. The third kappa shape index (κ3) is 5.07. The van der Waals surface area contributed by atoms with Gasteiger partial charge in [0.25, 0.3) is 10.2 Å². The van der Waals surface area contributed by atoms with Crippen LogP contribution in [0, 0.1) is 5.92 Å². The fraction of sp³-hybridized carbons (Fsp3) is 0.600. The SMILES string of the molecule is CN(Cc1ccccc1)S(=O)(=O)NCC1CCCC(O)C1. The molecule has 1 aliphatic carbocycles. The quantitative estimate of drug-likeness (QED) is 0.836. The van der Waals surface area contributed by atoms with Gasteiger partial charge in [-0.2, -0.15) is 12.7 Å². The second-order valence-electron chi connectivity index (χ2n) is 5.78. The van der Waals surface area contributed by atoms with Crippen molar-refractivity contribution in [3.63, 3.8) is 0 Å². The molecule has 0 amide bonds. The topological polar surface area (TPSA) is 69.6 Å². The zero-order valence-corrected chi connectivity index (χ0v) is 13.2. The van der Waals surface area contributed by atoms with Crippen molar-refractivity contribution in [2.75, 3.05) is 13.6 Å². The predicted octanol–water partition coefficient (Wildman–Crippen LogP) is 1.50. The average molecular weight is 312 g/mol. The highest BCUT2D eigenvalue weighted by atomic mass is 32.2. The molecule has 2 N–H and O–H groups in total. The summed E-state index contributed by atoms with van der Waals surface area (Å²) >= 11 is 0. The molecule has 2 unspecified atom stereocenters. The highest BCUT2D eigenvalue weighted by Crippen LogP contribution is 2.23. The molecule has 1 fully saturated rings. The van der Waals surface area contributed by atoms with E-state index in [2.05, 4.69) is 4.72 Å². The van der Waals surface area contributed by atoms with Crippen LogP contribution in [0.1, 0.15) is 31.2 Å². The van der Waals surface area contributed by atoms with E-state index in [1.807, 2.05) is 30.3 Å². The van der Waals surface area contributed by atoms with Gasteiger partial charge in [-0.1, -0.05) is 36.8 Å². The van der Waals surface area contributed by atoms with Crippen molar-refractivity contribution >= 4 is 10.2 Å². The maximum atomic E-state index is 12.2. The normalized spacial score (nSPS) is 23.4. The van der Waals surface area contributed by atoms with E-state index in [0.29, 0.717) is 19.5 Å². The molecule has 0 aromatic heterocycles. The number of aliphatic hydroxyl groups is 1. The minimum absolute atomic E-state index is 0.230. The zero-order valence-electron chi connectivity index (χ0n) is 12.4. The van der Waals surface area contributed by atoms with E-state index in [1.165, 1.54) is 4.31 Å². The van der Waals surface area contributed by atoms with Crippen LogP contribution >= 0.6 is 0 Å². The van der Waals surface area contributed by atoms with Crippen LogP contribution in [0.3, 0.4) is 0 Å². The van der Waals surface area contributed by atoms with Crippen LogP contribution in [-0.4, -0.2) is 37.5 Å². The summed E-state index contributed by atoms with van der Waals surface area (Å²) in [6.45, 7) is 0.752. The third-order valence-corrected chi connectivity index (χ3v) is 5.45. The van der Waals surface area contributed by atoms with Crippen LogP contribution in [0.2, 0.25) is 0 Å². The molecule has 1 saturated carbocycles. The van der Waals surface area contributed by atoms with Crippen LogP contribution in [0.4, 0.5) is 0 Å². The van der Waals surface area contributed by atoms with Gasteiger partial charge in [-0.05, 0) is 30.7 Å². The molecule has 21 heavy (non-hydrogen) atoms. The van der Waals surface area contributed by atoms with E-state index in [4.69, 9.17) is 0 Å². The highest BCUT2D eigenvalue weighted by molar-refractivity contribution is 7.87. The van der Waals surface area contributed by atoms with Crippen molar-refractivity contribution in [1.29, 1.82) is 0 Å². The molecule has 1 aliphatic rings. The molecule has 0 heterocycles. The molecule has 0 aliphatic heterocycles. The van der Waals surface area contributed by atoms with Gasteiger partial charge in [0.15, 0.2) is 0 Å². The fourth-order valence-electron chi connectivity index (χ4n) is 2.71. The van der Waals surface area contributed by atoms with Gasteiger partial charge in [0, 0.05) is 20.1 Å². The first kappa shape index (κ1) is 16.4. The first-order valence-corrected chi connectivity index (χ1v) is 8.84. The molecule has 2 atom stereocenters. The molecular formula is C15H24N2O3S.